The molecule has 1 aromatic heterocycles. The number of hydrogen-bond donors (Lipinski definition) is 1. The van der Waals surface area contributed by atoms with Crippen molar-refractivity contribution in [3.05, 3.63) is 17.0 Å². The minimum Gasteiger partial charge on any atom is -0.476 e. The van der Waals surface area contributed by atoms with Crippen molar-refractivity contribution in [3.63, 3.8) is 0 Å². The van der Waals surface area contributed by atoms with Gasteiger partial charge in [-0.25, -0.2) is 4.79 Å². The zero-order chi connectivity index (χ0) is 19.7. The van der Waals surface area contributed by atoms with Crippen LogP contribution in [0.5, 0.6) is 0 Å². The lowest BCUT2D eigenvalue weighted by Gasteiger charge is -2.37. The van der Waals surface area contributed by atoms with Crippen LogP contribution in [0.25, 0.3) is 0 Å². The highest BCUT2D eigenvalue weighted by Crippen LogP contribution is 2.25. The van der Waals surface area contributed by atoms with Crippen LogP contribution in [0.2, 0.25) is 0 Å². The standard InChI is InChI=1S/C20H32N4O3/c1-13(2)11-24-17-7-10-23(12-16(17)18(21-24)20(26)27)19(25)15(4)22-8-5-14(3)6-9-22/h13-15H,5-12H2,1-4H3,(H,26,27)/t15-/m0/s1. The molecule has 150 valence electrons. The summed E-state index contributed by atoms with van der Waals surface area (Å²) in [7, 11) is 0. The van der Waals surface area contributed by atoms with Gasteiger partial charge in [-0.2, -0.15) is 5.10 Å². The van der Waals surface area contributed by atoms with Gasteiger partial charge in [-0.1, -0.05) is 20.8 Å². The van der Waals surface area contributed by atoms with Crippen molar-refractivity contribution in [1.82, 2.24) is 19.6 Å². The molecule has 2 aliphatic heterocycles. The molecule has 0 aromatic carbocycles. The lowest BCUT2D eigenvalue weighted by molar-refractivity contribution is -0.138. The Kier molecular flexibility index (Phi) is 5.89. The number of nitrogens with zero attached hydrogens (tertiary/aromatic N) is 4. The molecule has 0 spiro atoms. The van der Waals surface area contributed by atoms with Crippen LogP contribution < -0.4 is 0 Å². The number of amides is 1. The van der Waals surface area contributed by atoms with Crippen LogP contribution in [0.15, 0.2) is 0 Å². The smallest absolute Gasteiger partial charge is 0.356 e. The highest BCUT2D eigenvalue weighted by molar-refractivity contribution is 5.88. The summed E-state index contributed by atoms with van der Waals surface area (Å²) in [6.45, 7) is 12.0. The van der Waals surface area contributed by atoms with Crippen molar-refractivity contribution in [2.75, 3.05) is 19.6 Å². The molecule has 27 heavy (non-hydrogen) atoms. The third-order valence-corrected chi connectivity index (χ3v) is 5.91. The maximum atomic E-state index is 13.1. The van der Waals surface area contributed by atoms with Gasteiger partial charge in [0.1, 0.15) is 0 Å². The number of piperidine rings is 1. The van der Waals surface area contributed by atoms with Crippen LogP contribution in [0.1, 0.15) is 62.3 Å². The molecule has 1 amide bonds. The Morgan fingerprint density at radius 3 is 2.44 bits per heavy atom. The minimum atomic E-state index is -1.01. The predicted molar refractivity (Wildman–Crippen MR) is 103 cm³/mol. The lowest BCUT2D eigenvalue weighted by atomic mass is 9.97. The van der Waals surface area contributed by atoms with Gasteiger partial charge in [-0.05, 0) is 44.7 Å². The van der Waals surface area contributed by atoms with Crippen molar-refractivity contribution in [2.24, 2.45) is 11.8 Å². The maximum Gasteiger partial charge on any atom is 0.356 e. The van der Waals surface area contributed by atoms with Gasteiger partial charge in [0, 0.05) is 37.3 Å². The van der Waals surface area contributed by atoms with Crippen molar-refractivity contribution < 1.29 is 14.7 Å². The first-order chi connectivity index (χ1) is 12.8. The molecule has 3 heterocycles. The number of rotatable bonds is 5. The molecular weight excluding hydrogens is 344 g/mol. The Bertz CT molecular complexity index is 704. The van der Waals surface area contributed by atoms with Gasteiger partial charge in [0.15, 0.2) is 5.69 Å². The Hall–Kier alpha value is -1.89. The molecule has 0 aliphatic carbocycles. The molecule has 0 saturated carbocycles. The monoisotopic (exact) mass is 376 g/mol. The zero-order valence-corrected chi connectivity index (χ0v) is 16.9. The second-order valence-electron chi connectivity index (χ2n) is 8.56. The summed E-state index contributed by atoms with van der Waals surface area (Å²) in [5.41, 5.74) is 1.79. The Morgan fingerprint density at radius 2 is 1.85 bits per heavy atom. The molecule has 1 saturated heterocycles. The number of fused-ring (bicyclic) bond motifs is 1. The second-order valence-corrected chi connectivity index (χ2v) is 8.56. The van der Waals surface area contributed by atoms with E-state index in [1.807, 2.05) is 16.5 Å². The third-order valence-electron chi connectivity index (χ3n) is 5.91. The Labute approximate surface area is 161 Å². The van der Waals surface area contributed by atoms with Gasteiger partial charge in [0.05, 0.1) is 6.04 Å². The van der Waals surface area contributed by atoms with Crippen molar-refractivity contribution in [2.45, 2.75) is 66.1 Å². The normalized spacial score (nSPS) is 20.0. The maximum absolute atomic E-state index is 13.1. The highest BCUT2D eigenvalue weighted by Gasteiger charge is 2.34. The number of aromatic carboxylic acids is 1. The van der Waals surface area contributed by atoms with E-state index in [-0.39, 0.29) is 17.6 Å². The topological polar surface area (TPSA) is 78.7 Å². The van der Waals surface area contributed by atoms with Gasteiger partial charge in [-0.3, -0.25) is 14.4 Å². The molecule has 2 aliphatic rings. The third kappa shape index (κ3) is 4.18. The summed E-state index contributed by atoms with van der Waals surface area (Å²) >= 11 is 0. The van der Waals surface area contributed by atoms with E-state index in [4.69, 9.17) is 0 Å². The molecule has 1 N–H and O–H groups in total. The fourth-order valence-electron chi connectivity index (χ4n) is 4.18. The van der Waals surface area contributed by atoms with E-state index < -0.39 is 5.97 Å². The number of carbonyl (C=O) groups excluding carboxylic acids is 1. The fraction of sp³-hybridized carbons (Fsp3) is 0.750. The summed E-state index contributed by atoms with van der Waals surface area (Å²) in [6, 6.07) is -0.155. The van der Waals surface area contributed by atoms with Crippen LogP contribution in [-0.4, -0.2) is 62.2 Å². The molecule has 0 unspecified atom stereocenters. The van der Waals surface area contributed by atoms with Gasteiger partial charge in [0.2, 0.25) is 5.91 Å². The van der Waals surface area contributed by atoms with Gasteiger partial charge >= 0.3 is 5.97 Å². The SMILES string of the molecule is CC(C)Cn1nc(C(=O)O)c2c1CCN(C(=O)[C@H](C)N1CCC(C)CC1)C2. The first kappa shape index (κ1) is 19.9. The van der Waals surface area contributed by atoms with E-state index in [1.165, 1.54) is 0 Å². The molecule has 1 atom stereocenters. The van der Waals surface area contributed by atoms with Crippen LogP contribution in [-0.2, 0) is 24.3 Å². The van der Waals surface area contributed by atoms with Gasteiger partial charge in [-0.15, -0.1) is 0 Å². The predicted octanol–water partition coefficient (Wildman–Crippen LogP) is 2.24. The number of likely N-dealkylation sites (tertiary alicyclic amines) is 1. The summed E-state index contributed by atoms with van der Waals surface area (Å²) in [6.07, 6.45) is 2.93. The average molecular weight is 377 g/mol. The lowest BCUT2D eigenvalue weighted by Crippen LogP contribution is -2.50. The first-order valence-electron chi connectivity index (χ1n) is 10.1. The van der Waals surface area contributed by atoms with Gasteiger partial charge in [0.25, 0.3) is 0 Å². The quantitative estimate of drug-likeness (QED) is 0.853. The van der Waals surface area contributed by atoms with E-state index in [0.717, 1.165) is 37.5 Å². The first-order valence-corrected chi connectivity index (χ1v) is 10.1. The average Bonchev–Trinajstić information content (AvgIpc) is 2.98. The molecule has 1 aromatic rings. The summed E-state index contributed by atoms with van der Waals surface area (Å²) < 4.78 is 1.83. The number of hydrogen-bond acceptors (Lipinski definition) is 4. The number of aromatic nitrogens is 2. The van der Waals surface area contributed by atoms with Crippen LogP contribution >= 0.6 is 0 Å². The second kappa shape index (κ2) is 8.00. The van der Waals surface area contributed by atoms with E-state index in [0.29, 0.717) is 37.5 Å². The summed E-state index contributed by atoms with van der Waals surface area (Å²) in [4.78, 5) is 28.8. The van der Waals surface area contributed by atoms with Crippen LogP contribution in [0.3, 0.4) is 0 Å². The summed E-state index contributed by atoms with van der Waals surface area (Å²) in [5, 5.41) is 13.9. The molecule has 0 radical (unpaired) electrons. The number of carbonyl (C=O) groups is 2. The van der Waals surface area contributed by atoms with E-state index in [9.17, 15) is 14.7 Å². The molecule has 0 bridgehead atoms. The van der Waals surface area contributed by atoms with Crippen LogP contribution in [0.4, 0.5) is 0 Å². The molecule has 3 rings (SSSR count). The van der Waals surface area contributed by atoms with Crippen molar-refractivity contribution in [1.29, 1.82) is 0 Å². The number of carboxylic acids is 1. The zero-order valence-electron chi connectivity index (χ0n) is 16.9. The Balaban J connectivity index is 1.76. The number of carboxylic acid groups (broad SMARTS) is 1. The van der Waals surface area contributed by atoms with Gasteiger partial charge < -0.3 is 10.0 Å². The highest BCUT2D eigenvalue weighted by atomic mass is 16.4. The minimum absolute atomic E-state index is 0.0996. The van der Waals surface area contributed by atoms with Crippen molar-refractivity contribution >= 4 is 11.9 Å². The van der Waals surface area contributed by atoms with E-state index in [1.54, 1.807) is 0 Å². The molecule has 7 heteroatoms. The molecule has 1 fully saturated rings. The van der Waals surface area contributed by atoms with Crippen molar-refractivity contribution in [3.8, 4) is 0 Å². The molecule has 7 nitrogen and oxygen atoms in total. The van der Waals surface area contributed by atoms with Crippen LogP contribution in [0, 0.1) is 11.8 Å². The summed E-state index contributed by atoms with van der Waals surface area (Å²) in [5.74, 6) is 0.201. The Morgan fingerprint density at radius 1 is 1.19 bits per heavy atom. The largest absolute Gasteiger partial charge is 0.476 e. The van der Waals surface area contributed by atoms with E-state index >= 15 is 0 Å². The molecular formula is C20H32N4O3. The fourth-order valence-corrected chi connectivity index (χ4v) is 4.18. The van der Waals surface area contributed by atoms with E-state index in [2.05, 4.69) is 30.8 Å².